The molecule has 134 valence electrons. The molecule has 1 aromatic rings. The van der Waals surface area contributed by atoms with Gasteiger partial charge in [-0.25, -0.2) is 4.79 Å². The zero-order valence-corrected chi connectivity index (χ0v) is 14.6. The number of benzene rings is 1. The third-order valence-electron chi connectivity index (χ3n) is 4.74. The van der Waals surface area contributed by atoms with Crippen molar-refractivity contribution in [3.05, 3.63) is 29.3 Å². The van der Waals surface area contributed by atoms with Crippen LogP contribution >= 0.6 is 0 Å². The van der Waals surface area contributed by atoms with Crippen LogP contribution in [0.25, 0.3) is 0 Å². The van der Waals surface area contributed by atoms with Crippen LogP contribution < -0.4 is 10.6 Å². The van der Waals surface area contributed by atoms with Crippen LogP contribution in [0.4, 0.5) is 10.5 Å². The standard InChI is InChI=1S/C18H23N3O4/c1-18(2,3)15-12-8-11(5-4-10(12)9-21(15)17(24)25)19-13-6-7-14(22)20-16(13)23/h4-5,8,13,15,19H,6-7,9H2,1-3H3,(H,24,25)(H,20,22,23). The van der Waals surface area contributed by atoms with Crippen LogP contribution in [0.5, 0.6) is 0 Å². The SMILES string of the molecule is CC(C)(C)C1c2cc(NC3CCC(=O)NC3=O)ccc2CN1C(=O)O. The molecule has 0 radical (unpaired) electrons. The summed E-state index contributed by atoms with van der Waals surface area (Å²) in [7, 11) is 0. The highest BCUT2D eigenvalue weighted by Crippen LogP contribution is 2.45. The number of nitrogens with one attached hydrogen (secondary N) is 2. The highest BCUT2D eigenvalue weighted by atomic mass is 16.4. The number of hydrogen-bond donors (Lipinski definition) is 3. The van der Waals surface area contributed by atoms with Gasteiger partial charge in [-0.05, 0) is 35.1 Å². The summed E-state index contributed by atoms with van der Waals surface area (Å²) in [6, 6.07) is 4.99. The molecule has 25 heavy (non-hydrogen) atoms. The van der Waals surface area contributed by atoms with Gasteiger partial charge in [0.15, 0.2) is 0 Å². The molecule has 1 fully saturated rings. The van der Waals surface area contributed by atoms with Crippen LogP contribution in [0, 0.1) is 5.41 Å². The second-order valence-electron chi connectivity index (χ2n) is 7.74. The summed E-state index contributed by atoms with van der Waals surface area (Å²) in [5, 5.41) is 15.0. The van der Waals surface area contributed by atoms with Gasteiger partial charge in [-0.15, -0.1) is 0 Å². The maximum Gasteiger partial charge on any atom is 0.408 e. The molecular formula is C18H23N3O4. The molecule has 7 nitrogen and oxygen atoms in total. The Bertz CT molecular complexity index is 738. The van der Waals surface area contributed by atoms with E-state index in [0.29, 0.717) is 19.4 Å². The normalized spacial score (nSPS) is 23.2. The first-order chi connectivity index (χ1) is 11.7. The molecule has 0 aliphatic carbocycles. The third-order valence-corrected chi connectivity index (χ3v) is 4.74. The van der Waals surface area contributed by atoms with E-state index in [1.807, 2.05) is 39.0 Å². The van der Waals surface area contributed by atoms with Gasteiger partial charge in [0.05, 0.1) is 12.6 Å². The van der Waals surface area contributed by atoms with Gasteiger partial charge < -0.3 is 10.4 Å². The lowest BCUT2D eigenvalue weighted by Crippen LogP contribution is -2.47. The maximum atomic E-state index is 11.9. The molecule has 0 spiro atoms. The number of amides is 3. The van der Waals surface area contributed by atoms with E-state index >= 15 is 0 Å². The van der Waals surface area contributed by atoms with Gasteiger partial charge in [0.1, 0.15) is 6.04 Å². The Morgan fingerprint density at radius 3 is 2.64 bits per heavy atom. The van der Waals surface area contributed by atoms with Gasteiger partial charge in [-0.1, -0.05) is 26.8 Å². The Hall–Kier alpha value is -2.57. The number of piperidine rings is 1. The number of carbonyl (C=O) groups is 3. The number of nitrogens with zero attached hydrogens (tertiary/aromatic N) is 1. The van der Waals surface area contributed by atoms with Crippen molar-refractivity contribution in [1.29, 1.82) is 0 Å². The molecule has 0 bridgehead atoms. The Morgan fingerprint density at radius 1 is 1.32 bits per heavy atom. The molecule has 2 aliphatic rings. The highest BCUT2D eigenvalue weighted by molar-refractivity contribution is 6.01. The Labute approximate surface area is 146 Å². The van der Waals surface area contributed by atoms with Gasteiger partial charge >= 0.3 is 6.09 Å². The first-order valence-corrected chi connectivity index (χ1v) is 8.39. The molecule has 2 atom stereocenters. The minimum atomic E-state index is -0.934. The predicted octanol–water partition coefficient (Wildman–Crippen LogP) is 2.48. The summed E-state index contributed by atoms with van der Waals surface area (Å²) >= 11 is 0. The summed E-state index contributed by atoms with van der Waals surface area (Å²) in [6.45, 7) is 6.42. The third kappa shape index (κ3) is 3.31. The quantitative estimate of drug-likeness (QED) is 0.715. The fourth-order valence-corrected chi connectivity index (χ4v) is 3.67. The van der Waals surface area contributed by atoms with Crippen molar-refractivity contribution in [1.82, 2.24) is 10.2 Å². The lowest BCUT2D eigenvalue weighted by molar-refractivity contribution is -0.133. The van der Waals surface area contributed by atoms with Gasteiger partial charge in [-0.2, -0.15) is 0 Å². The molecule has 1 aromatic carbocycles. The number of anilines is 1. The molecule has 2 unspecified atom stereocenters. The van der Waals surface area contributed by atoms with Gasteiger partial charge in [-0.3, -0.25) is 19.8 Å². The van der Waals surface area contributed by atoms with E-state index in [-0.39, 0.29) is 23.3 Å². The molecule has 2 aliphatic heterocycles. The fraction of sp³-hybridized carbons (Fsp3) is 0.500. The fourth-order valence-electron chi connectivity index (χ4n) is 3.67. The van der Waals surface area contributed by atoms with E-state index in [9.17, 15) is 19.5 Å². The molecular weight excluding hydrogens is 322 g/mol. The molecule has 3 N–H and O–H groups in total. The van der Waals surface area contributed by atoms with E-state index in [4.69, 9.17) is 0 Å². The maximum absolute atomic E-state index is 11.9. The molecule has 2 heterocycles. The van der Waals surface area contributed by atoms with Crippen molar-refractivity contribution < 1.29 is 19.5 Å². The summed E-state index contributed by atoms with van der Waals surface area (Å²) in [6.07, 6.45) is -0.173. The first kappa shape index (κ1) is 17.3. The largest absolute Gasteiger partial charge is 0.465 e. The van der Waals surface area contributed by atoms with Crippen molar-refractivity contribution in [2.24, 2.45) is 5.41 Å². The number of fused-ring (bicyclic) bond motifs is 1. The number of hydrogen-bond acceptors (Lipinski definition) is 4. The monoisotopic (exact) mass is 345 g/mol. The Morgan fingerprint density at radius 2 is 2.04 bits per heavy atom. The Kier molecular flexibility index (Phi) is 4.18. The highest BCUT2D eigenvalue weighted by Gasteiger charge is 2.41. The van der Waals surface area contributed by atoms with Crippen LogP contribution in [-0.4, -0.2) is 34.0 Å². The second-order valence-corrected chi connectivity index (χ2v) is 7.74. The Balaban J connectivity index is 1.87. The minimum absolute atomic E-state index is 0.247. The van der Waals surface area contributed by atoms with Crippen LogP contribution in [0.1, 0.15) is 50.8 Å². The van der Waals surface area contributed by atoms with Gasteiger partial charge in [0.25, 0.3) is 0 Å². The first-order valence-electron chi connectivity index (χ1n) is 8.39. The zero-order chi connectivity index (χ0) is 18.4. The summed E-state index contributed by atoms with van der Waals surface area (Å²) in [5.74, 6) is -0.571. The molecule has 3 amide bonds. The van der Waals surface area contributed by atoms with E-state index < -0.39 is 12.1 Å². The summed E-state index contributed by atoms with van der Waals surface area (Å²) in [4.78, 5) is 36.3. The molecule has 7 heteroatoms. The van der Waals surface area contributed by atoms with E-state index in [0.717, 1.165) is 16.8 Å². The van der Waals surface area contributed by atoms with Crippen molar-refractivity contribution in [2.75, 3.05) is 5.32 Å². The summed E-state index contributed by atoms with van der Waals surface area (Å²) < 4.78 is 0. The average molecular weight is 345 g/mol. The molecule has 0 aromatic heterocycles. The second kappa shape index (κ2) is 6.06. The lowest BCUT2D eigenvalue weighted by atomic mass is 9.82. The lowest BCUT2D eigenvalue weighted by Gasteiger charge is -2.34. The smallest absolute Gasteiger partial charge is 0.408 e. The van der Waals surface area contributed by atoms with E-state index in [1.54, 1.807) is 0 Å². The molecule has 3 rings (SSSR count). The molecule has 0 saturated carbocycles. The minimum Gasteiger partial charge on any atom is -0.465 e. The molecule has 1 saturated heterocycles. The van der Waals surface area contributed by atoms with E-state index in [2.05, 4.69) is 10.6 Å². The zero-order valence-electron chi connectivity index (χ0n) is 14.6. The van der Waals surface area contributed by atoms with Crippen molar-refractivity contribution in [3.63, 3.8) is 0 Å². The number of imide groups is 1. The number of rotatable bonds is 2. The number of carboxylic acid groups (broad SMARTS) is 1. The van der Waals surface area contributed by atoms with E-state index in [1.165, 1.54) is 4.90 Å². The van der Waals surface area contributed by atoms with Crippen LogP contribution in [0.2, 0.25) is 0 Å². The topological polar surface area (TPSA) is 98.7 Å². The van der Waals surface area contributed by atoms with Gasteiger partial charge in [0, 0.05) is 12.1 Å². The van der Waals surface area contributed by atoms with Crippen molar-refractivity contribution >= 4 is 23.6 Å². The van der Waals surface area contributed by atoms with Crippen LogP contribution in [0.3, 0.4) is 0 Å². The van der Waals surface area contributed by atoms with Crippen LogP contribution in [-0.2, 0) is 16.1 Å². The van der Waals surface area contributed by atoms with Crippen molar-refractivity contribution in [2.45, 2.75) is 52.2 Å². The number of carbonyl (C=O) groups excluding carboxylic acids is 2. The average Bonchev–Trinajstić information content (AvgIpc) is 2.89. The predicted molar refractivity (Wildman–Crippen MR) is 92.0 cm³/mol. The summed E-state index contributed by atoms with van der Waals surface area (Å²) in [5.41, 5.74) is 2.45. The van der Waals surface area contributed by atoms with Gasteiger partial charge in [0.2, 0.25) is 11.8 Å². The van der Waals surface area contributed by atoms with Crippen molar-refractivity contribution in [3.8, 4) is 0 Å². The van der Waals surface area contributed by atoms with Crippen LogP contribution in [0.15, 0.2) is 18.2 Å².